The number of hydrogen-bond acceptors (Lipinski definition) is 4. The average Bonchev–Trinajstić information content (AvgIpc) is 2.73. The van der Waals surface area contributed by atoms with E-state index < -0.39 is 0 Å². The minimum absolute atomic E-state index is 0.0442. The first-order valence-electron chi connectivity index (χ1n) is 9.10. The smallest absolute Gasteiger partial charge is 0.166 e. The second kappa shape index (κ2) is 7.57. The summed E-state index contributed by atoms with van der Waals surface area (Å²) in [6.07, 6.45) is 2.93. The molecule has 140 valence electrons. The molecular weight excluding hydrogens is 377 g/mol. The lowest BCUT2D eigenvalue weighted by atomic mass is 9.88. The maximum Gasteiger partial charge on any atom is 0.166 e. The topological polar surface area (TPSA) is 57.0 Å². The number of piperidine rings is 1. The lowest BCUT2D eigenvalue weighted by molar-refractivity contribution is 0.0900. The highest BCUT2D eigenvalue weighted by atomic mass is 35.5. The zero-order valence-electron chi connectivity index (χ0n) is 15.0. The van der Waals surface area contributed by atoms with Crippen LogP contribution in [-0.2, 0) is 0 Å². The number of aromatic nitrogens is 1. The van der Waals surface area contributed by atoms with E-state index in [0.717, 1.165) is 16.6 Å². The van der Waals surface area contributed by atoms with Gasteiger partial charge in [0.1, 0.15) is 11.9 Å². The predicted octanol–water partition coefficient (Wildman–Crippen LogP) is 5.00. The average molecular weight is 394 g/mol. The summed E-state index contributed by atoms with van der Waals surface area (Å²) in [4.78, 5) is 19.2. The Morgan fingerprint density at radius 1 is 1.18 bits per heavy atom. The number of benzene rings is 2. The highest BCUT2D eigenvalue weighted by Crippen LogP contribution is 2.34. The zero-order valence-corrected chi connectivity index (χ0v) is 15.8. The van der Waals surface area contributed by atoms with Crippen molar-refractivity contribution in [2.45, 2.75) is 12.8 Å². The molecule has 1 aromatic heterocycles. The van der Waals surface area contributed by atoms with E-state index in [0.29, 0.717) is 42.1 Å². The number of anilines is 1. The Hall–Kier alpha value is -2.97. The Kier molecular flexibility index (Phi) is 4.97. The van der Waals surface area contributed by atoms with Crippen molar-refractivity contribution in [3.63, 3.8) is 0 Å². The Labute approximate surface area is 167 Å². The highest BCUT2D eigenvalue weighted by molar-refractivity contribution is 6.31. The van der Waals surface area contributed by atoms with Crippen molar-refractivity contribution >= 4 is 34.0 Å². The fourth-order valence-corrected chi connectivity index (χ4v) is 3.96. The van der Waals surface area contributed by atoms with E-state index in [2.05, 4.69) is 16.0 Å². The van der Waals surface area contributed by atoms with Crippen LogP contribution in [0.25, 0.3) is 10.9 Å². The number of carbonyl (C=O) groups excluding carboxylic acids is 1. The number of fused-ring (bicyclic) bond motifs is 1. The van der Waals surface area contributed by atoms with E-state index in [4.69, 9.17) is 11.6 Å². The van der Waals surface area contributed by atoms with Crippen LogP contribution in [0.15, 0.2) is 48.7 Å². The van der Waals surface area contributed by atoms with Crippen LogP contribution in [0.1, 0.15) is 28.8 Å². The molecule has 28 heavy (non-hydrogen) atoms. The molecule has 0 aliphatic carbocycles. The van der Waals surface area contributed by atoms with Crippen LogP contribution in [0.2, 0.25) is 5.02 Å². The first-order chi connectivity index (χ1) is 13.6. The van der Waals surface area contributed by atoms with Gasteiger partial charge in [0.05, 0.1) is 16.8 Å². The van der Waals surface area contributed by atoms with Crippen molar-refractivity contribution in [3.05, 3.63) is 70.6 Å². The van der Waals surface area contributed by atoms with Gasteiger partial charge in [0.2, 0.25) is 0 Å². The summed E-state index contributed by atoms with van der Waals surface area (Å²) >= 11 is 6.17. The normalized spacial score (nSPS) is 14.8. The lowest BCUT2D eigenvalue weighted by Gasteiger charge is -2.34. The monoisotopic (exact) mass is 393 g/mol. The van der Waals surface area contributed by atoms with E-state index in [1.54, 1.807) is 12.3 Å². The highest BCUT2D eigenvalue weighted by Gasteiger charge is 2.28. The molecule has 0 unspecified atom stereocenters. The number of carbonyl (C=O) groups is 1. The Bertz CT molecular complexity index is 1080. The molecule has 0 amide bonds. The molecule has 0 atom stereocenters. The van der Waals surface area contributed by atoms with E-state index in [1.807, 2.05) is 12.1 Å². The Balaban J connectivity index is 1.59. The molecule has 2 aromatic carbocycles. The Morgan fingerprint density at radius 2 is 1.89 bits per heavy atom. The van der Waals surface area contributed by atoms with Crippen LogP contribution >= 0.6 is 11.6 Å². The molecule has 2 heterocycles. The van der Waals surface area contributed by atoms with Gasteiger partial charge in [-0.1, -0.05) is 11.6 Å². The molecule has 6 heteroatoms. The van der Waals surface area contributed by atoms with Crippen molar-refractivity contribution < 1.29 is 9.18 Å². The van der Waals surface area contributed by atoms with Crippen LogP contribution in [-0.4, -0.2) is 23.9 Å². The van der Waals surface area contributed by atoms with Crippen molar-refractivity contribution in [2.75, 3.05) is 18.0 Å². The first-order valence-corrected chi connectivity index (χ1v) is 9.47. The van der Waals surface area contributed by atoms with Crippen molar-refractivity contribution in [1.29, 1.82) is 5.26 Å². The van der Waals surface area contributed by atoms with Crippen molar-refractivity contribution in [1.82, 2.24) is 4.98 Å². The quantitative estimate of drug-likeness (QED) is 0.587. The van der Waals surface area contributed by atoms with Gasteiger partial charge in [-0.25, -0.2) is 4.39 Å². The first kappa shape index (κ1) is 18.4. The molecular formula is C22H17ClFN3O. The summed E-state index contributed by atoms with van der Waals surface area (Å²) in [5.41, 5.74) is 2.64. The summed E-state index contributed by atoms with van der Waals surface area (Å²) in [6.45, 7) is 1.30. The van der Waals surface area contributed by atoms with Gasteiger partial charge in [0.15, 0.2) is 5.78 Å². The zero-order chi connectivity index (χ0) is 19.7. The van der Waals surface area contributed by atoms with Gasteiger partial charge in [0, 0.05) is 41.2 Å². The number of Topliss-reactive ketones (excluding diaryl/α,β-unsaturated/α-hetero) is 1. The number of nitrogens with zero attached hydrogens (tertiary/aromatic N) is 3. The molecule has 0 radical (unpaired) electrons. The molecule has 0 saturated carbocycles. The maximum atomic E-state index is 13.1. The molecule has 0 bridgehead atoms. The molecule has 4 nitrogen and oxygen atoms in total. The SMILES string of the molecule is N#Cc1cnc2ccc(Cl)cc2c1N1CCC(C(=O)c2ccc(F)cc2)CC1. The summed E-state index contributed by atoms with van der Waals surface area (Å²) in [7, 11) is 0. The Morgan fingerprint density at radius 3 is 2.57 bits per heavy atom. The number of ketones is 1. The largest absolute Gasteiger partial charge is 0.370 e. The van der Waals surface area contributed by atoms with E-state index in [1.165, 1.54) is 24.3 Å². The van der Waals surface area contributed by atoms with Gasteiger partial charge >= 0.3 is 0 Å². The lowest BCUT2D eigenvalue weighted by Crippen LogP contribution is -2.37. The third kappa shape index (κ3) is 3.44. The van der Waals surface area contributed by atoms with Gasteiger partial charge in [-0.3, -0.25) is 9.78 Å². The fraction of sp³-hybridized carbons (Fsp3) is 0.227. The molecule has 0 N–H and O–H groups in total. The fourth-order valence-electron chi connectivity index (χ4n) is 3.79. The van der Waals surface area contributed by atoms with E-state index in [9.17, 15) is 14.4 Å². The van der Waals surface area contributed by atoms with Crippen LogP contribution in [0.5, 0.6) is 0 Å². The second-order valence-electron chi connectivity index (χ2n) is 6.93. The van der Waals surface area contributed by atoms with Crippen molar-refractivity contribution in [2.24, 2.45) is 5.92 Å². The molecule has 0 spiro atoms. The number of nitriles is 1. The third-order valence-electron chi connectivity index (χ3n) is 5.23. The summed E-state index contributed by atoms with van der Waals surface area (Å²) in [5.74, 6) is -0.412. The van der Waals surface area contributed by atoms with Crippen LogP contribution < -0.4 is 4.90 Å². The van der Waals surface area contributed by atoms with Gasteiger partial charge in [-0.05, 0) is 55.3 Å². The third-order valence-corrected chi connectivity index (χ3v) is 5.47. The van der Waals surface area contributed by atoms with Gasteiger partial charge in [-0.15, -0.1) is 0 Å². The van der Waals surface area contributed by atoms with Gasteiger partial charge in [0.25, 0.3) is 0 Å². The van der Waals surface area contributed by atoms with Crippen molar-refractivity contribution in [3.8, 4) is 6.07 Å². The summed E-state index contributed by atoms with van der Waals surface area (Å²) < 4.78 is 13.1. The number of pyridine rings is 1. The standard InChI is InChI=1S/C22H17ClFN3O/c23-17-3-6-20-19(11-17)21(16(12-25)13-26-20)27-9-7-15(8-10-27)22(28)14-1-4-18(24)5-2-14/h1-6,11,13,15H,7-10H2. The van der Waals surface area contributed by atoms with Crippen LogP contribution in [0, 0.1) is 23.1 Å². The second-order valence-corrected chi connectivity index (χ2v) is 7.36. The van der Waals surface area contributed by atoms with Crippen LogP contribution in [0.3, 0.4) is 0 Å². The minimum Gasteiger partial charge on any atom is -0.370 e. The van der Waals surface area contributed by atoms with Crippen LogP contribution in [0.4, 0.5) is 10.1 Å². The maximum absolute atomic E-state index is 13.1. The molecule has 1 aliphatic rings. The molecule has 3 aromatic rings. The molecule has 4 rings (SSSR count). The van der Waals surface area contributed by atoms with E-state index >= 15 is 0 Å². The number of halogens is 2. The minimum atomic E-state index is -0.348. The summed E-state index contributed by atoms with van der Waals surface area (Å²) in [5, 5.41) is 11.0. The molecule has 1 saturated heterocycles. The molecule has 1 aliphatic heterocycles. The number of hydrogen-bond donors (Lipinski definition) is 0. The van der Waals surface area contributed by atoms with Gasteiger partial charge < -0.3 is 4.90 Å². The van der Waals surface area contributed by atoms with E-state index in [-0.39, 0.29) is 17.5 Å². The van der Waals surface area contributed by atoms with Gasteiger partial charge in [-0.2, -0.15) is 5.26 Å². The summed E-state index contributed by atoms with van der Waals surface area (Å²) in [6, 6.07) is 13.4. The number of rotatable bonds is 3. The predicted molar refractivity (Wildman–Crippen MR) is 107 cm³/mol. The molecule has 1 fully saturated rings.